The van der Waals surface area contributed by atoms with Crippen molar-refractivity contribution in [1.82, 2.24) is 4.90 Å². The van der Waals surface area contributed by atoms with Gasteiger partial charge in [0.05, 0.1) is 22.3 Å². The monoisotopic (exact) mass is 328 g/mol. The largest absolute Gasteiger partial charge is 0.324 e. The van der Waals surface area contributed by atoms with Crippen molar-refractivity contribution in [1.29, 1.82) is 0 Å². The van der Waals surface area contributed by atoms with E-state index in [0.29, 0.717) is 34.4 Å². The van der Waals surface area contributed by atoms with Gasteiger partial charge in [-0.05, 0) is 38.8 Å². The molecule has 0 radical (unpaired) electrons. The maximum absolute atomic E-state index is 12.3. The lowest BCUT2D eigenvalue weighted by molar-refractivity contribution is -0.118. The third-order valence-electron chi connectivity index (χ3n) is 4.01. The molecule has 1 N–H and O–H groups in total. The Labute approximate surface area is 136 Å². The molecule has 21 heavy (non-hydrogen) atoms. The molecule has 1 aromatic carbocycles. The Morgan fingerprint density at radius 2 is 2.00 bits per heavy atom. The molecule has 1 fully saturated rings. The molecular weight excluding hydrogens is 307 g/mol. The molecule has 116 valence electrons. The summed E-state index contributed by atoms with van der Waals surface area (Å²) in [7, 11) is 0. The zero-order valence-corrected chi connectivity index (χ0v) is 14.0. The number of carbonyl (C=O) groups is 1. The summed E-state index contributed by atoms with van der Waals surface area (Å²) in [6.45, 7) is 4.67. The first kappa shape index (κ1) is 16.6. The summed E-state index contributed by atoms with van der Waals surface area (Å²) < 4.78 is 0. The van der Waals surface area contributed by atoms with Crippen molar-refractivity contribution in [3.05, 3.63) is 28.2 Å². The highest BCUT2D eigenvalue weighted by molar-refractivity contribution is 6.43. The van der Waals surface area contributed by atoms with Crippen LogP contribution in [0, 0.1) is 0 Å². The second-order valence-corrected chi connectivity index (χ2v) is 6.64. The number of nitrogens with one attached hydrogen (secondary N) is 1. The van der Waals surface area contributed by atoms with Crippen molar-refractivity contribution in [3.8, 4) is 0 Å². The van der Waals surface area contributed by atoms with Crippen LogP contribution in [0.2, 0.25) is 10.0 Å². The number of hydrogen-bond donors (Lipinski definition) is 1. The molecule has 5 heteroatoms. The minimum absolute atomic E-state index is 0.0419. The van der Waals surface area contributed by atoms with Crippen molar-refractivity contribution in [2.75, 3.05) is 11.9 Å². The second-order valence-electron chi connectivity index (χ2n) is 5.85. The molecule has 0 aromatic heterocycles. The number of benzene rings is 1. The first-order chi connectivity index (χ1) is 9.99. The van der Waals surface area contributed by atoms with Crippen LogP contribution in [0.15, 0.2) is 18.2 Å². The van der Waals surface area contributed by atoms with Crippen LogP contribution in [-0.2, 0) is 4.79 Å². The Hall–Kier alpha value is -0.770. The molecule has 1 aromatic rings. The molecule has 0 heterocycles. The van der Waals surface area contributed by atoms with Crippen LogP contribution in [-0.4, -0.2) is 29.4 Å². The molecule has 0 atom stereocenters. The lowest BCUT2D eigenvalue weighted by Crippen LogP contribution is -2.43. The van der Waals surface area contributed by atoms with Gasteiger partial charge in [-0.3, -0.25) is 9.69 Å². The minimum atomic E-state index is -0.0419. The van der Waals surface area contributed by atoms with Crippen molar-refractivity contribution in [2.24, 2.45) is 0 Å². The van der Waals surface area contributed by atoms with Gasteiger partial charge in [0, 0.05) is 12.1 Å². The number of hydrogen-bond acceptors (Lipinski definition) is 2. The average molecular weight is 329 g/mol. The third-order valence-corrected chi connectivity index (χ3v) is 4.83. The molecule has 1 amide bonds. The van der Waals surface area contributed by atoms with Gasteiger partial charge < -0.3 is 5.32 Å². The first-order valence-corrected chi connectivity index (χ1v) is 8.24. The Bertz CT molecular complexity index is 499. The van der Waals surface area contributed by atoms with Gasteiger partial charge in [-0.25, -0.2) is 0 Å². The van der Waals surface area contributed by atoms with Gasteiger partial charge in [-0.2, -0.15) is 0 Å². The smallest absolute Gasteiger partial charge is 0.238 e. The van der Waals surface area contributed by atoms with Gasteiger partial charge in [-0.1, -0.05) is 42.1 Å². The van der Waals surface area contributed by atoms with Crippen LogP contribution >= 0.6 is 23.2 Å². The fraction of sp³-hybridized carbons (Fsp3) is 0.562. The maximum Gasteiger partial charge on any atom is 0.238 e. The van der Waals surface area contributed by atoms with Crippen LogP contribution in [0.5, 0.6) is 0 Å². The van der Waals surface area contributed by atoms with Crippen molar-refractivity contribution < 1.29 is 4.79 Å². The van der Waals surface area contributed by atoms with Gasteiger partial charge in [0.2, 0.25) is 5.91 Å². The first-order valence-electron chi connectivity index (χ1n) is 7.48. The average Bonchev–Trinajstić information content (AvgIpc) is 2.95. The summed E-state index contributed by atoms with van der Waals surface area (Å²) >= 11 is 12.1. The van der Waals surface area contributed by atoms with E-state index in [1.54, 1.807) is 18.2 Å². The standard InChI is InChI=1S/C16H22Cl2N2O/c1-11(2)20(12-6-3-4-7-12)10-15(21)19-14-9-5-8-13(17)16(14)18/h5,8-9,11-12H,3-4,6-7,10H2,1-2H3,(H,19,21). The van der Waals surface area contributed by atoms with E-state index in [2.05, 4.69) is 24.1 Å². The van der Waals surface area contributed by atoms with Crippen LogP contribution in [0.3, 0.4) is 0 Å². The van der Waals surface area contributed by atoms with Crippen LogP contribution in [0.1, 0.15) is 39.5 Å². The quantitative estimate of drug-likeness (QED) is 0.857. The van der Waals surface area contributed by atoms with Gasteiger partial charge in [0.25, 0.3) is 0 Å². The van der Waals surface area contributed by atoms with Gasteiger partial charge in [0.1, 0.15) is 0 Å². The molecule has 0 spiro atoms. The number of carbonyl (C=O) groups excluding carboxylic acids is 1. The SMILES string of the molecule is CC(C)N(CC(=O)Nc1cccc(Cl)c1Cl)C1CCCC1. The fourth-order valence-electron chi connectivity index (χ4n) is 2.93. The number of amides is 1. The van der Waals surface area contributed by atoms with Crippen LogP contribution in [0.4, 0.5) is 5.69 Å². The van der Waals surface area contributed by atoms with E-state index in [-0.39, 0.29) is 5.91 Å². The van der Waals surface area contributed by atoms with Crippen molar-refractivity contribution in [2.45, 2.75) is 51.6 Å². The van der Waals surface area contributed by atoms with Crippen LogP contribution < -0.4 is 5.32 Å². The van der Waals surface area contributed by atoms with E-state index in [1.807, 2.05) is 0 Å². The van der Waals surface area contributed by atoms with E-state index >= 15 is 0 Å². The second kappa shape index (κ2) is 7.48. The highest BCUT2D eigenvalue weighted by atomic mass is 35.5. The number of halogens is 2. The van der Waals surface area contributed by atoms with Gasteiger partial charge in [0.15, 0.2) is 0 Å². The summed E-state index contributed by atoms with van der Waals surface area (Å²) in [5.74, 6) is -0.0419. The summed E-state index contributed by atoms with van der Waals surface area (Å²) in [5.41, 5.74) is 0.573. The molecule has 0 bridgehead atoms. The molecular formula is C16H22Cl2N2O. The molecule has 2 rings (SSSR count). The Morgan fingerprint density at radius 1 is 1.33 bits per heavy atom. The Balaban J connectivity index is 2.00. The van der Waals surface area contributed by atoms with E-state index in [0.717, 1.165) is 0 Å². The number of nitrogens with zero attached hydrogens (tertiary/aromatic N) is 1. The predicted molar refractivity (Wildman–Crippen MR) is 89.2 cm³/mol. The van der Waals surface area contributed by atoms with E-state index in [1.165, 1.54) is 25.7 Å². The summed E-state index contributed by atoms with van der Waals surface area (Å²) in [6.07, 6.45) is 4.89. The molecule has 0 saturated heterocycles. The lowest BCUT2D eigenvalue weighted by atomic mass is 10.1. The maximum atomic E-state index is 12.3. The molecule has 0 unspecified atom stereocenters. The Morgan fingerprint density at radius 3 is 2.62 bits per heavy atom. The summed E-state index contributed by atoms with van der Waals surface area (Å²) in [6, 6.07) is 6.13. The fourth-order valence-corrected chi connectivity index (χ4v) is 3.27. The van der Waals surface area contributed by atoms with Gasteiger partial charge >= 0.3 is 0 Å². The zero-order valence-electron chi connectivity index (χ0n) is 12.5. The highest BCUT2D eigenvalue weighted by Gasteiger charge is 2.26. The summed E-state index contributed by atoms with van der Waals surface area (Å²) in [5, 5.41) is 3.71. The van der Waals surface area contributed by atoms with E-state index < -0.39 is 0 Å². The molecule has 1 aliphatic rings. The topological polar surface area (TPSA) is 32.3 Å². The zero-order chi connectivity index (χ0) is 15.4. The molecule has 3 nitrogen and oxygen atoms in total. The normalized spacial score (nSPS) is 15.9. The van der Waals surface area contributed by atoms with Gasteiger partial charge in [-0.15, -0.1) is 0 Å². The molecule has 1 saturated carbocycles. The molecule has 1 aliphatic carbocycles. The van der Waals surface area contributed by atoms with E-state index in [9.17, 15) is 4.79 Å². The van der Waals surface area contributed by atoms with E-state index in [4.69, 9.17) is 23.2 Å². The number of anilines is 1. The van der Waals surface area contributed by atoms with Crippen molar-refractivity contribution in [3.63, 3.8) is 0 Å². The molecule has 0 aliphatic heterocycles. The highest BCUT2D eigenvalue weighted by Crippen LogP contribution is 2.30. The number of rotatable bonds is 5. The Kier molecular flexibility index (Phi) is 5.91. The lowest BCUT2D eigenvalue weighted by Gasteiger charge is -2.31. The van der Waals surface area contributed by atoms with Crippen molar-refractivity contribution >= 4 is 34.8 Å². The third kappa shape index (κ3) is 4.35. The summed E-state index contributed by atoms with van der Waals surface area (Å²) in [4.78, 5) is 14.6. The predicted octanol–water partition coefficient (Wildman–Crippen LogP) is 4.58. The van der Waals surface area contributed by atoms with Crippen LogP contribution in [0.25, 0.3) is 0 Å². The minimum Gasteiger partial charge on any atom is -0.324 e.